The second-order valence-electron chi connectivity index (χ2n) is 6.64. The van der Waals surface area contributed by atoms with Crippen LogP contribution in [0.25, 0.3) is 15.3 Å². The van der Waals surface area contributed by atoms with Crippen LogP contribution in [0.15, 0.2) is 54.9 Å². The molecule has 154 valence electrons. The van der Waals surface area contributed by atoms with Gasteiger partial charge < -0.3 is 4.90 Å². The number of carbonyl (C=O) groups is 1. The molecule has 2 aromatic heterocycles. The Bertz CT molecular complexity index is 1200. The van der Waals surface area contributed by atoms with Crippen LogP contribution in [-0.2, 0) is 12.7 Å². The molecule has 0 aliphatic heterocycles. The average Bonchev–Trinajstić information content (AvgIpc) is 3.33. The van der Waals surface area contributed by atoms with Crippen molar-refractivity contribution < 1.29 is 22.4 Å². The summed E-state index contributed by atoms with van der Waals surface area (Å²) in [4.78, 5) is 18.3. The summed E-state index contributed by atoms with van der Waals surface area (Å²) in [6.07, 6.45) is -1.81. The molecule has 0 atom stereocenters. The van der Waals surface area contributed by atoms with Crippen molar-refractivity contribution in [3.63, 3.8) is 0 Å². The first kappa shape index (κ1) is 20.0. The molecule has 0 unspecified atom stereocenters. The predicted octanol–water partition coefficient (Wildman–Crippen LogP) is 4.91. The van der Waals surface area contributed by atoms with E-state index in [-0.39, 0.29) is 17.7 Å². The van der Waals surface area contributed by atoms with Crippen molar-refractivity contribution in [2.24, 2.45) is 0 Å². The number of amides is 1. The zero-order chi connectivity index (χ0) is 21.5. The predicted molar refractivity (Wildman–Crippen MR) is 104 cm³/mol. The minimum Gasteiger partial charge on any atom is -0.337 e. The van der Waals surface area contributed by atoms with Crippen LogP contribution >= 0.6 is 11.3 Å². The molecule has 0 radical (unpaired) electrons. The number of para-hydroxylation sites is 1. The maximum Gasteiger partial charge on any atom is 0.416 e. The number of hydrogen-bond acceptors (Lipinski definition) is 4. The number of halogens is 4. The van der Waals surface area contributed by atoms with Crippen molar-refractivity contribution >= 4 is 27.5 Å². The normalized spacial score (nSPS) is 11.8. The Morgan fingerprint density at radius 2 is 1.97 bits per heavy atom. The van der Waals surface area contributed by atoms with E-state index in [0.717, 1.165) is 22.3 Å². The molecule has 0 saturated carbocycles. The summed E-state index contributed by atoms with van der Waals surface area (Å²) < 4.78 is 54.7. The lowest BCUT2D eigenvalue weighted by atomic mass is 10.1. The lowest BCUT2D eigenvalue weighted by Crippen LogP contribution is -2.26. The highest BCUT2D eigenvalue weighted by Gasteiger charge is 2.31. The number of aromatic nitrogens is 3. The lowest BCUT2D eigenvalue weighted by Gasteiger charge is -2.17. The van der Waals surface area contributed by atoms with E-state index in [0.29, 0.717) is 11.2 Å². The van der Waals surface area contributed by atoms with Crippen LogP contribution in [0, 0.1) is 5.82 Å². The smallest absolute Gasteiger partial charge is 0.337 e. The molecule has 0 fully saturated rings. The van der Waals surface area contributed by atoms with Gasteiger partial charge in [-0.25, -0.2) is 14.1 Å². The molecule has 0 bridgehead atoms. The van der Waals surface area contributed by atoms with Crippen molar-refractivity contribution in [3.8, 4) is 5.13 Å². The van der Waals surface area contributed by atoms with Crippen molar-refractivity contribution in [1.82, 2.24) is 19.7 Å². The monoisotopic (exact) mass is 434 g/mol. The van der Waals surface area contributed by atoms with Crippen LogP contribution in [-0.4, -0.2) is 32.6 Å². The van der Waals surface area contributed by atoms with Crippen LogP contribution < -0.4 is 0 Å². The van der Waals surface area contributed by atoms with E-state index in [9.17, 15) is 22.4 Å². The molecule has 10 heteroatoms. The molecule has 5 nitrogen and oxygen atoms in total. The second kappa shape index (κ2) is 7.52. The van der Waals surface area contributed by atoms with Gasteiger partial charge in [0.15, 0.2) is 0 Å². The van der Waals surface area contributed by atoms with E-state index in [2.05, 4.69) is 10.1 Å². The molecule has 0 spiro atoms. The maximum atomic E-state index is 13.6. The van der Waals surface area contributed by atoms with E-state index < -0.39 is 23.5 Å². The van der Waals surface area contributed by atoms with Gasteiger partial charge in [-0.1, -0.05) is 23.5 Å². The van der Waals surface area contributed by atoms with Crippen molar-refractivity contribution in [2.75, 3.05) is 7.05 Å². The number of hydrogen-bond donors (Lipinski definition) is 0. The van der Waals surface area contributed by atoms with Gasteiger partial charge in [0.05, 0.1) is 27.5 Å². The molecule has 2 heterocycles. The zero-order valence-electron chi connectivity index (χ0n) is 15.5. The third-order valence-electron chi connectivity index (χ3n) is 4.36. The standard InChI is InChI=1S/C20H14F4N4OS/c1-27(10-12-6-14(20(22,23)24)8-15(21)7-12)18(29)13-9-25-28(11-13)19-26-16-4-2-3-5-17(16)30-19/h2-9,11H,10H2,1H3. The number of carbonyl (C=O) groups excluding carboxylic acids is 1. The SMILES string of the molecule is CN(Cc1cc(F)cc(C(F)(F)F)c1)C(=O)c1cnn(-c2nc3ccccc3s2)c1. The van der Waals surface area contributed by atoms with Gasteiger partial charge in [0.1, 0.15) is 5.82 Å². The molecule has 0 aliphatic rings. The first-order valence-corrected chi connectivity index (χ1v) is 9.55. The van der Waals surface area contributed by atoms with Crippen LogP contribution in [0.2, 0.25) is 0 Å². The summed E-state index contributed by atoms with van der Waals surface area (Å²) in [5.41, 5.74) is -0.00693. The Hall–Kier alpha value is -3.27. The highest BCUT2D eigenvalue weighted by Crippen LogP contribution is 2.31. The highest BCUT2D eigenvalue weighted by molar-refractivity contribution is 7.20. The zero-order valence-corrected chi connectivity index (χ0v) is 16.3. The van der Waals surface area contributed by atoms with Crippen molar-refractivity contribution in [3.05, 3.63) is 77.4 Å². The van der Waals surface area contributed by atoms with Crippen molar-refractivity contribution in [1.29, 1.82) is 0 Å². The molecule has 4 rings (SSSR count). The number of nitrogens with zero attached hydrogens (tertiary/aromatic N) is 4. The van der Waals surface area contributed by atoms with Gasteiger partial charge in [-0.3, -0.25) is 4.79 Å². The first-order chi connectivity index (χ1) is 14.2. The van der Waals surface area contributed by atoms with Crippen LogP contribution in [0.1, 0.15) is 21.5 Å². The third-order valence-corrected chi connectivity index (χ3v) is 5.39. The average molecular weight is 434 g/mol. The summed E-state index contributed by atoms with van der Waals surface area (Å²) in [6.45, 7) is -0.189. The Morgan fingerprint density at radius 1 is 1.20 bits per heavy atom. The van der Waals surface area contributed by atoms with E-state index in [4.69, 9.17) is 0 Å². The molecule has 30 heavy (non-hydrogen) atoms. The number of rotatable bonds is 4. The van der Waals surface area contributed by atoms with Gasteiger partial charge in [0.2, 0.25) is 5.13 Å². The number of fused-ring (bicyclic) bond motifs is 1. The fourth-order valence-corrected chi connectivity index (χ4v) is 3.87. The summed E-state index contributed by atoms with van der Waals surface area (Å²) in [5.74, 6) is -1.47. The molecule has 0 N–H and O–H groups in total. The third kappa shape index (κ3) is 4.04. The second-order valence-corrected chi connectivity index (χ2v) is 7.65. The largest absolute Gasteiger partial charge is 0.416 e. The van der Waals surface area contributed by atoms with E-state index >= 15 is 0 Å². The first-order valence-electron chi connectivity index (χ1n) is 8.73. The summed E-state index contributed by atoms with van der Waals surface area (Å²) in [7, 11) is 1.43. The van der Waals surface area contributed by atoms with Crippen LogP contribution in [0.5, 0.6) is 0 Å². The minimum atomic E-state index is -4.67. The molecular weight excluding hydrogens is 420 g/mol. The molecule has 0 saturated heterocycles. The highest BCUT2D eigenvalue weighted by atomic mass is 32.1. The fraction of sp³-hybridized carbons (Fsp3) is 0.150. The molecule has 4 aromatic rings. The minimum absolute atomic E-state index is 0.0386. The van der Waals surface area contributed by atoms with Crippen LogP contribution in [0.3, 0.4) is 0 Å². The van der Waals surface area contributed by atoms with E-state index in [1.165, 1.54) is 40.4 Å². The summed E-state index contributed by atoms with van der Waals surface area (Å²) in [6, 6.07) is 9.79. The summed E-state index contributed by atoms with van der Waals surface area (Å²) >= 11 is 1.41. The number of alkyl halides is 3. The number of benzene rings is 2. The Kier molecular flexibility index (Phi) is 5.02. The topological polar surface area (TPSA) is 51.0 Å². The molecular formula is C20H14F4N4OS. The van der Waals surface area contributed by atoms with Gasteiger partial charge in [0, 0.05) is 19.8 Å². The van der Waals surface area contributed by atoms with Gasteiger partial charge in [-0.2, -0.15) is 18.3 Å². The van der Waals surface area contributed by atoms with Gasteiger partial charge in [-0.05, 0) is 35.9 Å². The van der Waals surface area contributed by atoms with Gasteiger partial charge in [-0.15, -0.1) is 0 Å². The fourth-order valence-electron chi connectivity index (χ4n) is 2.97. The molecule has 1 amide bonds. The van der Waals surface area contributed by atoms with Gasteiger partial charge in [0.25, 0.3) is 5.91 Å². The lowest BCUT2D eigenvalue weighted by molar-refractivity contribution is -0.137. The summed E-state index contributed by atoms with van der Waals surface area (Å²) in [5, 5.41) is 4.74. The van der Waals surface area contributed by atoms with Gasteiger partial charge >= 0.3 is 6.18 Å². The molecule has 2 aromatic carbocycles. The maximum absolute atomic E-state index is 13.6. The molecule has 0 aliphatic carbocycles. The van der Waals surface area contributed by atoms with E-state index in [1.807, 2.05) is 24.3 Å². The quantitative estimate of drug-likeness (QED) is 0.429. The van der Waals surface area contributed by atoms with Crippen LogP contribution in [0.4, 0.5) is 17.6 Å². The Balaban J connectivity index is 1.53. The van der Waals surface area contributed by atoms with Crippen molar-refractivity contribution in [2.45, 2.75) is 12.7 Å². The Morgan fingerprint density at radius 3 is 2.70 bits per heavy atom. The Labute approximate surface area is 172 Å². The van der Waals surface area contributed by atoms with E-state index in [1.54, 1.807) is 0 Å². The number of thiazole rings is 1.